The van der Waals surface area contributed by atoms with Crippen molar-refractivity contribution in [3.8, 4) is 78.7 Å². The number of hydrogen-bond acceptors (Lipinski definition) is 4. The molecule has 0 aliphatic heterocycles. The first kappa shape index (κ1) is 42.1. The van der Waals surface area contributed by atoms with Crippen molar-refractivity contribution in [3.05, 3.63) is 198 Å². The van der Waals surface area contributed by atoms with Crippen LogP contribution in [0.3, 0.4) is 0 Å². The molecule has 0 unspecified atom stereocenters. The summed E-state index contributed by atoms with van der Waals surface area (Å²) >= 11 is 0. The van der Waals surface area contributed by atoms with E-state index in [-0.39, 0.29) is 10.8 Å². The third-order valence-corrected chi connectivity index (χ3v) is 19.2. The minimum atomic E-state index is -0.194. The number of fused-ring (bicyclic) bond motifs is 11. The average Bonchev–Trinajstić information content (AvgIpc) is 4.22. The predicted molar refractivity (Wildman–Crippen MR) is 296 cm³/mol. The molecule has 7 aliphatic carbocycles. The minimum Gasteiger partial charge on any atom is -0.455 e. The molecule has 8 aromatic carbocycles. The van der Waals surface area contributed by atoms with Gasteiger partial charge >= 0.3 is 0 Å². The zero-order chi connectivity index (χ0) is 48.2. The first-order valence-electron chi connectivity index (χ1n) is 27.2. The van der Waals surface area contributed by atoms with Gasteiger partial charge in [-0.15, -0.1) is 0 Å². The van der Waals surface area contributed by atoms with Crippen LogP contribution in [-0.4, -0.2) is 15.0 Å². The van der Waals surface area contributed by atoms with Gasteiger partial charge in [-0.2, -0.15) is 0 Å². The summed E-state index contributed by atoms with van der Waals surface area (Å²) in [6, 6.07) is 63.6. The molecule has 0 N–H and O–H groups in total. The van der Waals surface area contributed by atoms with Gasteiger partial charge in [-0.1, -0.05) is 160 Å². The summed E-state index contributed by atoms with van der Waals surface area (Å²) in [4.78, 5) is 16.5. The van der Waals surface area contributed by atoms with Gasteiger partial charge < -0.3 is 4.42 Å². The standard InChI is InChI=1S/C69H57N3O/c1-67(2)58-20-6-3-13-51(58)54-17-11-16-50(62(54)67)47-34-46(44-23-26-49(27-24-44)68-38-41-31-42(39-68)33-43(32-41)40-68)35-48(36-47)65-70-64(71-66(72-65)56-19-12-18-55-53-15-5-8-22-61(53)73-63(55)56)45-25-28-60-57(37-45)52-14-4-7-21-59(52)69(60)29-9-10-30-69/h3-8,11-28,34-37,41-43H,9-10,29-33,38-40H2,1-2H3. The van der Waals surface area contributed by atoms with E-state index in [1.807, 2.05) is 12.1 Å². The van der Waals surface area contributed by atoms with E-state index in [0.29, 0.717) is 22.9 Å². The van der Waals surface area contributed by atoms with Gasteiger partial charge in [0.25, 0.3) is 0 Å². The van der Waals surface area contributed by atoms with Gasteiger partial charge in [0.15, 0.2) is 17.5 Å². The van der Waals surface area contributed by atoms with Crippen molar-refractivity contribution in [2.45, 2.75) is 94.3 Å². The summed E-state index contributed by atoms with van der Waals surface area (Å²) in [6.07, 6.45) is 13.3. The summed E-state index contributed by atoms with van der Waals surface area (Å²) in [6.45, 7) is 4.78. The van der Waals surface area contributed by atoms with Crippen molar-refractivity contribution in [1.29, 1.82) is 0 Å². The van der Waals surface area contributed by atoms with E-state index in [4.69, 9.17) is 19.4 Å². The lowest BCUT2D eigenvalue weighted by Gasteiger charge is -2.57. The molecule has 2 heterocycles. The van der Waals surface area contributed by atoms with Gasteiger partial charge in [0, 0.05) is 32.7 Å². The maximum absolute atomic E-state index is 6.71. The lowest BCUT2D eigenvalue weighted by atomic mass is 9.48. The molecule has 7 aliphatic rings. The molecule has 73 heavy (non-hydrogen) atoms. The topological polar surface area (TPSA) is 51.8 Å². The maximum atomic E-state index is 6.71. The van der Waals surface area contributed by atoms with E-state index >= 15 is 0 Å². The Balaban J connectivity index is 0.909. The molecule has 1 spiro atoms. The van der Waals surface area contributed by atoms with E-state index < -0.39 is 0 Å². The molecule has 4 nitrogen and oxygen atoms in total. The number of furan rings is 1. The molecule has 5 fully saturated rings. The Bertz CT molecular complexity index is 3910. The molecule has 0 radical (unpaired) electrons. The number of para-hydroxylation sites is 2. The third kappa shape index (κ3) is 6.16. The molecule has 4 heteroatoms. The summed E-state index contributed by atoms with van der Waals surface area (Å²) in [5, 5.41) is 2.13. The second-order valence-corrected chi connectivity index (χ2v) is 23.7. The molecule has 10 aromatic rings. The van der Waals surface area contributed by atoms with Crippen molar-refractivity contribution < 1.29 is 4.42 Å². The first-order valence-corrected chi connectivity index (χ1v) is 27.2. The number of hydrogen-bond donors (Lipinski definition) is 0. The fourth-order valence-corrected chi connectivity index (χ4v) is 16.4. The van der Waals surface area contributed by atoms with Gasteiger partial charge in [-0.25, -0.2) is 15.0 Å². The van der Waals surface area contributed by atoms with E-state index in [2.05, 4.69) is 172 Å². The second kappa shape index (κ2) is 15.3. The Morgan fingerprint density at radius 1 is 0.425 bits per heavy atom. The lowest BCUT2D eigenvalue weighted by molar-refractivity contribution is -0.00518. The highest BCUT2D eigenvalue weighted by Gasteiger charge is 2.51. The van der Waals surface area contributed by atoms with Crippen LogP contribution in [0.1, 0.15) is 106 Å². The number of benzene rings is 8. The lowest BCUT2D eigenvalue weighted by Crippen LogP contribution is -2.48. The van der Waals surface area contributed by atoms with Crippen LogP contribution in [0.5, 0.6) is 0 Å². The fourth-order valence-electron chi connectivity index (χ4n) is 16.4. The third-order valence-electron chi connectivity index (χ3n) is 19.2. The number of rotatable bonds is 6. The highest BCUT2D eigenvalue weighted by Crippen LogP contribution is 2.61. The van der Waals surface area contributed by atoms with E-state index in [9.17, 15) is 0 Å². The zero-order valence-electron chi connectivity index (χ0n) is 41.7. The van der Waals surface area contributed by atoms with Crippen LogP contribution in [-0.2, 0) is 16.2 Å². The van der Waals surface area contributed by atoms with Gasteiger partial charge in [-0.3, -0.25) is 0 Å². The smallest absolute Gasteiger partial charge is 0.167 e. The van der Waals surface area contributed by atoms with Gasteiger partial charge in [0.1, 0.15) is 11.2 Å². The Labute approximate surface area is 427 Å². The molecule has 17 rings (SSSR count). The number of nitrogens with zero attached hydrogens (tertiary/aromatic N) is 3. The van der Waals surface area contributed by atoms with Gasteiger partial charge in [0.05, 0.1) is 5.56 Å². The molecular weight excluding hydrogens is 887 g/mol. The van der Waals surface area contributed by atoms with Crippen molar-refractivity contribution in [1.82, 2.24) is 15.0 Å². The van der Waals surface area contributed by atoms with E-state index in [0.717, 1.165) is 67.5 Å². The van der Waals surface area contributed by atoms with Gasteiger partial charge in [-0.05, 0) is 183 Å². The van der Waals surface area contributed by atoms with Crippen LogP contribution >= 0.6 is 0 Å². The van der Waals surface area contributed by atoms with E-state index in [1.54, 1.807) is 5.56 Å². The molecule has 0 saturated heterocycles. The summed E-state index contributed by atoms with van der Waals surface area (Å²) < 4.78 is 6.71. The largest absolute Gasteiger partial charge is 0.455 e. The summed E-state index contributed by atoms with van der Waals surface area (Å²) in [5.74, 6) is 4.60. The minimum absolute atomic E-state index is 0.0780. The average molecular weight is 944 g/mol. The van der Waals surface area contributed by atoms with Crippen LogP contribution in [0, 0.1) is 17.8 Å². The quantitative estimate of drug-likeness (QED) is 0.167. The number of aromatic nitrogens is 3. The molecule has 0 amide bonds. The molecule has 4 bridgehead atoms. The zero-order valence-corrected chi connectivity index (χ0v) is 41.7. The highest BCUT2D eigenvalue weighted by atomic mass is 16.3. The van der Waals surface area contributed by atoms with Gasteiger partial charge in [0.2, 0.25) is 0 Å². The Morgan fingerprint density at radius 3 is 1.77 bits per heavy atom. The summed E-state index contributed by atoms with van der Waals surface area (Å²) in [7, 11) is 0. The second-order valence-electron chi connectivity index (χ2n) is 23.7. The highest BCUT2D eigenvalue weighted by molar-refractivity contribution is 6.09. The fraction of sp³-hybridized carbons (Fsp3) is 0.261. The molecule has 2 aromatic heterocycles. The van der Waals surface area contributed by atoms with Crippen LogP contribution in [0.2, 0.25) is 0 Å². The van der Waals surface area contributed by atoms with Crippen LogP contribution in [0.15, 0.2) is 174 Å². The van der Waals surface area contributed by atoms with Crippen molar-refractivity contribution >= 4 is 21.9 Å². The van der Waals surface area contributed by atoms with Crippen LogP contribution in [0.25, 0.3) is 101 Å². The van der Waals surface area contributed by atoms with Crippen molar-refractivity contribution in [2.75, 3.05) is 0 Å². The molecule has 354 valence electrons. The van der Waals surface area contributed by atoms with E-state index in [1.165, 1.54) is 120 Å². The molecular formula is C69H57N3O. The molecule has 0 atom stereocenters. The normalized spacial score (nSPS) is 22.2. The Hall–Kier alpha value is -7.43. The summed E-state index contributed by atoms with van der Waals surface area (Å²) in [5.41, 5.74) is 21.9. The monoisotopic (exact) mass is 943 g/mol. The van der Waals surface area contributed by atoms with Crippen LogP contribution in [0.4, 0.5) is 0 Å². The van der Waals surface area contributed by atoms with Crippen molar-refractivity contribution in [2.24, 2.45) is 17.8 Å². The molecule has 5 saturated carbocycles. The van der Waals surface area contributed by atoms with Crippen molar-refractivity contribution in [3.63, 3.8) is 0 Å². The first-order chi connectivity index (χ1) is 35.8. The maximum Gasteiger partial charge on any atom is 0.167 e. The Morgan fingerprint density at radius 2 is 0.986 bits per heavy atom. The van der Waals surface area contributed by atoms with Crippen LogP contribution < -0.4 is 0 Å². The predicted octanol–water partition coefficient (Wildman–Crippen LogP) is 17.7. The Kier molecular flexibility index (Phi) is 8.83. The SMILES string of the molecule is CC1(C)c2ccccc2-c2cccc(-c3cc(-c4ccc(C56CC7CC(CC(C7)C5)C6)cc4)cc(-c4nc(-c5ccc6c(c5)-c5ccccc5C65CCCC5)nc(-c5cccc6c5oc5ccccc56)n4)c3)c21.